The zero-order valence-corrected chi connectivity index (χ0v) is 17.0. The molecule has 0 unspecified atom stereocenters. The van der Waals surface area contributed by atoms with Crippen molar-refractivity contribution in [2.45, 2.75) is 45.4 Å². The first-order chi connectivity index (χ1) is 14.2. The lowest BCUT2D eigenvalue weighted by Crippen LogP contribution is -2.36. The van der Waals surface area contributed by atoms with Gasteiger partial charge >= 0.3 is 0 Å². The number of fused-ring (bicyclic) bond motifs is 1. The van der Waals surface area contributed by atoms with Crippen molar-refractivity contribution in [2.75, 3.05) is 24.6 Å². The largest absolute Gasteiger partial charge is 0.477 e. The summed E-state index contributed by atoms with van der Waals surface area (Å²) in [6, 6.07) is 2.00. The Morgan fingerprint density at radius 1 is 1.07 bits per heavy atom. The van der Waals surface area contributed by atoms with Crippen molar-refractivity contribution in [3.05, 3.63) is 41.9 Å². The molecule has 5 rings (SSSR count). The Bertz CT molecular complexity index is 1020. The fourth-order valence-electron chi connectivity index (χ4n) is 3.94. The average Bonchev–Trinajstić information content (AvgIpc) is 3.60. The van der Waals surface area contributed by atoms with Crippen molar-refractivity contribution in [2.24, 2.45) is 5.92 Å². The topological polar surface area (TPSA) is 76.9 Å². The molecule has 0 spiro atoms. The molecule has 7 heteroatoms. The molecule has 150 valence electrons. The molecular weight excluding hydrogens is 364 g/mol. The van der Waals surface area contributed by atoms with Gasteiger partial charge in [-0.3, -0.25) is 4.98 Å². The first kappa shape index (κ1) is 18.2. The molecule has 0 aromatic carbocycles. The van der Waals surface area contributed by atoms with E-state index in [9.17, 15) is 0 Å². The van der Waals surface area contributed by atoms with E-state index in [1.54, 1.807) is 18.7 Å². The summed E-state index contributed by atoms with van der Waals surface area (Å²) in [7, 11) is 0. The monoisotopic (exact) mass is 390 g/mol. The summed E-state index contributed by atoms with van der Waals surface area (Å²) in [4.78, 5) is 24.7. The molecule has 0 atom stereocenters. The van der Waals surface area contributed by atoms with Crippen LogP contribution in [0.15, 0.2) is 24.8 Å². The van der Waals surface area contributed by atoms with Gasteiger partial charge in [0.05, 0.1) is 18.3 Å². The van der Waals surface area contributed by atoms with Crippen LogP contribution >= 0.6 is 0 Å². The van der Waals surface area contributed by atoms with Crippen molar-refractivity contribution >= 4 is 16.7 Å². The molecule has 0 amide bonds. The number of piperidine rings is 1. The third-order valence-corrected chi connectivity index (χ3v) is 6.09. The van der Waals surface area contributed by atoms with Gasteiger partial charge in [0, 0.05) is 41.8 Å². The summed E-state index contributed by atoms with van der Waals surface area (Å²) < 4.78 is 6.18. The zero-order valence-electron chi connectivity index (χ0n) is 17.0. The van der Waals surface area contributed by atoms with E-state index in [1.807, 2.05) is 6.07 Å². The van der Waals surface area contributed by atoms with Crippen LogP contribution in [0.25, 0.3) is 10.9 Å². The van der Waals surface area contributed by atoms with Crippen molar-refractivity contribution in [1.29, 1.82) is 0 Å². The molecule has 3 aromatic heterocycles. The highest BCUT2D eigenvalue weighted by Crippen LogP contribution is 2.39. The van der Waals surface area contributed by atoms with Crippen molar-refractivity contribution in [1.82, 2.24) is 24.9 Å². The third-order valence-electron chi connectivity index (χ3n) is 6.09. The van der Waals surface area contributed by atoms with E-state index in [0.29, 0.717) is 18.4 Å². The lowest BCUT2D eigenvalue weighted by atomic mass is 9.97. The van der Waals surface area contributed by atoms with E-state index in [-0.39, 0.29) is 0 Å². The molecule has 1 saturated carbocycles. The summed E-state index contributed by atoms with van der Waals surface area (Å²) in [5, 5.41) is 1.07. The van der Waals surface area contributed by atoms with Gasteiger partial charge in [-0.1, -0.05) is 0 Å². The molecule has 2 aliphatic rings. The molecule has 0 N–H and O–H groups in total. The van der Waals surface area contributed by atoms with E-state index in [1.165, 1.54) is 12.8 Å². The van der Waals surface area contributed by atoms with Gasteiger partial charge in [0.2, 0.25) is 5.88 Å². The summed E-state index contributed by atoms with van der Waals surface area (Å²) in [6.07, 6.45) is 9.79. The number of hydrogen-bond donors (Lipinski definition) is 0. The molecule has 4 heterocycles. The summed E-state index contributed by atoms with van der Waals surface area (Å²) in [5.41, 5.74) is 2.99. The Morgan fingerprint density at radius 3 is 2.69 bits per heavy atom. The second kappa shape index (κ2) is 7.54. The summed E-state index contributed by atoms with van der Waals surface area (Å²) in [6.45, 7) is 6.76. The number of nitrogens with zero attached hydrogens (tertiary/aromatic N) is 6. The lowest BCUT2D eigenvalue weighted by Gasteiger charge is -2.33. The highest BCUT2D eigenvalue weighted by molar-refractivity contribution is 5.88. The maximum Gasteiger partial charge on any atom is 0.219 e. The maximum atomic E-state index is 6.18. The molecule has 29 heavy (non-hydrogen) atoms. The third kappa shape index (κ3) is 3.73. The van der Waals surface area contributed by atoms with Crippen molar-refractivity contribution in [3.63, 3.8) is 0 Å². The van der Waals surface area contributed by atoms with Crippen LogP contribution in [0.2, 0.25) is 0 Å². The number of ether oxygens (including phenoxy) is 1. The van der Waals surface area contributed by atoms with Crippen LogP contribution in [-0.2, 0) is 0 Å². The second-order valence-electron chi connectivity index (χ2n) is 8.20. The van der Waals surface area contributed by atoms with E-state index < -0.39 is 0 Å². The summed E-state index contributed by atoms with van der Waals surface area (Å²) in [5.74, 6) is 3.81. The van der Waals surface area contributed by atoms with Gasteiger partial charge in [-0.2, -0.15) is 4.98 Å². The molecule has 7 nitrogen and oxygen atoms in total. The quantitative estimate of drug-likeness (QED) is 0.659. The fraction of sp³-hybridized carbons (Fsp3) is 0.500. The molecule has 2 fully saturated rings. The lowest BCUT2D eigenvalue weighted by molar-refractivity contribution is 0.213. The van der Waals surface area contributed by atoms with Crippen LogP contribution in [-0.4, -0.2) is 44.6 Å². The van der Waals surface area contributed by atoms with E-state index in [2.05, 4.69) is 38.7 Å². The Balaban J connectivity index is 1.23. The van der Waals surface area contributed by atoms with Crippen LogP contribution < -0.4 is 9.64 Å². The van der Waals surface area contributed by atoms with Crippen molar-refractivity contribution in [3.8, 4) is 5.88 Å². The van der Waals surface area contributed by atoms with Crippen molar-refractivity contribution < 1.29 is 4.74 Å². The number of aryl methyl sites for hydroxylation is 1. The molecule has 1 aliphatic heterocycles. The Morgan fingerprint density at radius 2 is 1.90 bits per heavy atom. The molecular formula is C22H26N6O. The van der Waals surface area contributed by atoms with E-state index >= 15 is 0 Å². The normalized spacial score (nSPS) is 17.7. The molecule has 0 radical (unpaired) electrons. The van der Waals surface area contributed by atoms with Crippen LogP contribution in [0.3, 0.4) is 0 Å². The van der Waals surface area contributed by atoms with Crippen LogP contribution in [0.1, 0.15) is 48.7 Å². The fourth-order valence-corrected chi connectivity index (χ4v) is 3.94. The SMILES string of the molecule is Cc1nc(C2CC2)nc(OCC2CCN(c3ncnc4cnccc34)CC2)c1C. The molecule has 3 aromatic rings. The molecule has 1 saturated heterocycles. The zero-order chi connectivity index (χ0) is 19.8. The number of hydrogen-bond acceptors (Lipinski definition) is 7. The standard InChI is InChI=1S/C22H26N6O/c1-14-15(2)26-20(17-3-4-17)27-22(14)29-12-16-6-9-28(10-7-16)21-18-5-8-23-11-19(18)24-13-25-21/h5,8,11,13,16-17H,3-4,6-7,9-10,12H2,1-2H3. The number of aromatic nitrogens is 5. The van der Waals surface area contributed by atoms with Gasteiger partial charge in [-0.05, 0) is 51.5 Å². The van der Waals surface area contributed by atoms with Crippen LogP contribution in [0.5, 0.6) is 5.88 Å². The predicted molar refractivity (Wildman–Crippen MR) is 111 cm³/mol. The number of pyridine rings is 1. The van der Waals surface area contributed by atoms with E-state index in [4.69, 9.17) is 9.72 Å². The highest BCUT2D eigenvalue weighted by atomic mass is 16.5. The number of anilines is 1. The highest BCUT2D eigenvalue weighted by Gasteiger charge is 2.28. The minimum atomic E-state index is 0.528. The van der Waals surface area contributed by atoms with Gasteiger partial charge < -0.3 is 9.64 Å². The minimum absolute atomic E-state index is 0.528. The average molecular weight is 390 g/mol. The second-order valence-corrected chi connectivity index (χ2v) is 8.20. The Labute approximate surface area is 170 Å². The van der Waals surface area contributed by atoms with E-state index in [0.717, 1.165) is 65.6 Å². The van der Waals surface area contributed by atoms with Gasteiger partial charge in [-0.25, -0.2) is 15.0 Å². The first-order valence-corrected chi connectivity index (χ1v) is 10.5. The van der Waals surface area contributed by atoms with Gasteiger partial charge in [0.1, 0.15) is 18.0 Å². The van der Waals surface area contributed by atoms with Crippen LogP contribution in [0.4, 0.5) is 5.82 Å². The summed E-state index contributed by atoms with van der Waals surface area (Å²) >= 11 is 0. The van der Waals surface area contributed by atoms with Gasteiger partial charge in [-0.15, -0.1) is 0 Å². The number of rotatable bonds is 5. The Hall–Kier alpha value is -2.83. The maximum absolute atomic E-state index is 6.18. The van der Waals surface area contributed by atoms with Crippen LogP contribution in [0, 0.1) is 19.8 Å². The first-order valence-electron chi connectivity index (χ1n) is 10.5. The predicted octanol–water partition coefficient (Wildman–Crippen LogP) is 3.60. The molecule has 1 aliphatic carbocycles. The van der Waals surface area contributed by atoms with Gasteiger partial charge in [0.15, 0.2) is 0 Å². The Kier molecular flexibility index (Phi) is 4.73. The molecule has 0 bridgehead atoms. The van der Waals surface area contributed by atoms with Gasteiger partial charge in [0.25, 0.3) is 0 Å². The minimum Gasteiger partial charge on any atom is -0.477 e. The smallest absolute Gasteiger partial charge is 0.219 e.